The van der Waals surface area contributed by atoms with Crippen LogP contribution in [-0.4, -0.2) is 22.6 Å². The number of nitrogens with two attached hydrogens (primary N) is 1. The van der Waals surface area contributed by atoms with E-state index in [-0.39, 0.29) is 6.04 Å². The fraction of sp³-hybridized carbons (Fsp3) is 0.545. The fourth-order valence-electron chi connectivity index (χ4n) is 1.45. The van der Waals surface area contributed by atoms with Crippen LogP contribution in [0.3, 0.4) is 0 Å². The molecule has 0 aliphatic carbocycles. The van der Waals surface area contributed by atoms with Crippen LogP contribution in [0.4, 0.5) is 5.82 Å². The molecular formula is C11H17N5. The molecule has 1 heterocycles. The molecule has 3 N–H and O–H groups in total. The summed E-state index contributed by atoms with van der Waals surface area (Å²) in [4.78, 5) is 8.03. The number of hydrogen-bond donors (Lipinski definition) is 2. The molecule has 1 atom stereocenters. The van der Waals surface area contributed by atoms with E-state index in [1.54, 1.807) is 6.20 Å². The zero-order valence-corrected chi connectivity index (χ0v) is 9.64. The summed E-state index contributed by atoms with van der Waals surface area (Å²) in [7, 11) is 0. The molecule has 0 bridgehead atoms. The summed E-state index contributed by atoms with van der Waals surface area (Å²) in [5, 5.41) is 11.8. The van der Waals surface area contributed by atoms with E-state index in [4.69, 9.17) is 11.0 Å². The number of nitrogens with zero attached hydrogens (tertiary/aromatic N) is 3. The number of nitriles is 1. The molecule has 5 heteroatoms. The van der Waals surface area contributed by atoms with Gasteiger partial charge in [-0.15, -0.1) is 0 Å². The smallest absolute Gasteiger partial charge is 0.158 e. The number of nitrogens with one attached hydrogen (secondary N) is 1. The highest BCUT2D eigenvalue weighted by Gasteiger charge is 2.09. The van der Waals surface area contributed by atoms with Gasteiger partial charge in [0.05, 0.1) is 12.4 Å². The van der Waals surface area contributed by atoms with Gasteiger partial charge in [-0.05, 0) is 12.3 Å². The van der Waals surface area contributed by atoms with Gasteiger partial charge in [-0.1, -0.05) is 13.8 Å². The highest BCUT2D eigenvalue weighted by atomic mass is 15.0. The molecule has 1 aromatic rings. The molecule has 0 aromatic carbocycles. The first-order valence-corrected chi connectivity index (χ1v) is 5.34. The summed E-state index contributed by atoms with van der Waals surface area (Å²) >= 11 is 0. The van der Waals surface area contributed by atoms with Crippen LogP contribution in [0.25, 0.3) is 0 Å². The predicted molar refractivity (Wildman–Crippen MR) is 62.7 cm³/mol. The van der Waals surface area contributed by atoms with E-state index in [0.29, 0.717) is 24.0 Å². The first kappa shape index (κ1) is 12.4. The molecule has 0 fully saturated rings. The lowest BCUT2D eigenvalue weighted by atomic mass is 10.0. The Morgan fingerprint density at radius 3 is 2.62 bits per heavy atom. The van der Waals surface area contributed by atoms with E-state index in [1.807, 2.05) is 6.07 Å². The standard InChI is InChI=1S/C11H17N5/c1-8(2)3-9(4-12)16-11-7-14-10(5-13)6-15-11/h6-9H,3-4,12H2,1-2H3,(H,15,16). The minimum atomic E-state index is 0.197. The van der Waals surface area contributed by atoms with Gasteiger partial charge in [-0.3, -0.25) is 0 Å². The molecule has 1 rings (SSSR count). The third-order valence-electron chi connectivity index (χ3n) is 2.16. The summed E-state index contributed by atoms with van der Waals surface area (Å²) in [6.07, 6.45) is 3.99. The molecular weight excluding hydrogens is 202 g/mol. The zero-order valence-electron chi connectivity index (χ0n) is 9.64. The molecule has 0 saturated heterocycles. The minimum absolute atomic E-state index is 0.197. The topological polar surface area (TPSA) is 87.6 Å². The van der Waals surface area contributed by atoms with Crippen molar-refractivity contribution in [3.05, 3.63) is 18.1 Å². The van der Waals surface area contributed by atoms with Crippen molar-refractivity contribution in [3.63, 3.8) is 0 Å². The Morgan fingerprint density at radius 1 is 1.44 bits per heavy atom. The number of aromatic nitrogens is 2. The maximum absolute atomic E-state index is 8.58. The lowest BCUT2D eigenvalue weighted by molar-refractivity contribution is 0.521. The van der Waals surface area contributed by atoms with Gasteiger partial charge in [-0.25, -0.2) is 9.97 Å². The zero-order chi connectivity index (χ0) is 12.0. The van der Waals surface area contributed by atoms with Crippen molar-refractivity contribution in [2.75, 3.05) is 11.9 Å². The molecule has 1 unspecified atom stereocenters. The van der Waals surface area contributed by atoms with Crippen LogP contribution in [0.15, 0.2) is 12.4 Å². The molecule has 1 aromatic heterocycles. The second kappa shape index (κ2) is 6.03. The van der Waals surface area contributed by atoms with Crippen molar-refractivity contribution in [1.82, 2.24) is 9.97 Å². The predicted octanol–water partition coefficient (Wildman–Crippen LogP) is 1.13. The summed E-state index contributed by atoms with van der Waals surface area (Å²) in [6.45, 7) is 4.85. The first-order valence-electron chi connectivity index (χ1n) is 5.34. The quantitative estimate of drug-likeness (QED) is 0.775. The van der Waals surface area contributed by atoms with Crippen molar-refractivity contribution in [2.24, 2.45) is 11.7 Å². The van der Waals surface area contributed by atoms with Gasteiger partial charge in [0, 0.05) is 12.6 Å². The molecule has 86 valence electrons. The highest BCUT2D eigenvalue weighted by molar-refractivity contribution is 5.34. The molecule has 0 spiro atoms. The Morgan fingerprint density at radius 2 is 2.19 bits per heavy atom. The van der Waals surface area contributed by atoms with Crippen LogP contribution in [0.2, 0.25) is 0 Å². The van der Waals surface area contributed by atoms with Gasteiger partial charge in [0.25, 0.3) is 0 Å². The average molecular weight is 219 g/mol. The Hall–Kier alpha value is -1.67. The summed E-state index contributed by atoms with van der Waals surface area (Å²) in [5.74, 6) is 1.24. The van der Waals surface area contributed by atoms with Gasteiger partial charge in [0.2, 0.25) is 0 Å². The van der Waals surface area contributed by atoms with Crippen LogP contribution >= 0.6 is 0 Å². The van der Waals surface area contributed by atoms with Crippen LogP contribution in [0.5, 0.6) is 0 Å². The number of anilines is 1. The normalized spacial score (nSPS) is 12.2. The Kier molecular flexibility index (Phi) is 4.67. The lowest BCUT2D eigenvalue weighted by Gasteiger charge is -2.18. The van der Waals surface area contributed by atoms with Gasteiger partial charge in [0.1, 0.15) is 11.9 Å². The first-order chi connectivity index (χ1) is 7.65. The summed E-state index contributed by atoms with van der Waals surface area (Å²) < 4.78 is 0. The Bertz CT molecular complexity index is 352. The van der Waals surface area contributed by atoms with E-state index < -0.39 is 0 Å². The Balaban J connectivity index is 2.60. The van der Waals surface area contributed by atoms with E-state index >= 15 is 0 Å². The molecule has 0 aliphatic heterocycles. The maximum Gasteiger partial charge on any atom is 0.158 e. The van der Waals surface area contributed by atoms with Crippen LogP contribution in [0, 0.1) is 17.2 Å². The molecule has 0 aliphatic rings. The van der Waals surface area contributed by atoms with Crippen molar-refractivity contribution in [2.45, 2.75) is 26.3 Å². The van der Waals surface area contributed by atoms with Gasteiger partial charge >= 0.3 is 0 Å². The minimum Gasteiger partial charge on any atom is -0.365 e. The van der Waals surface area contributed by atoms with Crippen LogP contribution in [0.1, 0.15) is 26.0 Å². The van der Waals surface area contributed by atoms with E-state index in [1.165, 1.54) is 6.20 Å². The average Bonchev–Trinajstić information content (AvgIpc) is 2.28. The Labute approximate surface area is 95.7 Å². The largest absolute Gasteiger partial charge is 0.365 e. The third kappa shape index (κ3) is 3.83. The molecule has 0 amide bonds. The monoisotopic (exact) mass is 219 g/mol. The molecule has 16 heavy (non-hydrogen) atoms. The van der Waals surface area contributed by atoms with Gasteiger partial charge in [-0.2, -0.15) is 5.26 Å². The van der Waals surface area contributed by atoms with E-state index in [0.717, 1.165) is 6.42 Å². The second-order valence-corrected chi connectivity index (χ2v) is 4.11. The maximum atomic E-state index is 8.58. The summed E-state index contributed by atoms with van der Waals surface area (Å²) in [5.41, 5.74) is 5.98. The van der Waals surface area contributed by atoms with Crippen molar-refractivity contribution >= 4 is 5.82 Å². The van der Waals surface area contributed by atoms with Crippen molar-refractivity contribution in [1.29, 1.82) is 5.26 Å². The molecule has 0 saturated carbocycles. The highest BCUT2D eigenvalue weighted by Crippen LogP contribution is 2.09. The van der Waals surface area contributed by atoms with Crippen LogP contribution < -0.4 is 11.1 Å². The van der Waals surface area contributed by atoms with Crippen molar-refractivity contribution < 1.29 is 0 Å². The fourth-order valence-corrected chi connectivity index (χ4v) is 1.45. The number of hydrogen-bond acceptors (Lipinski definition) is 5. The SMILES string of the molecule is CC(C)CC(CN)Nc1cnc(C#N)cn1. The third-order valence-corrected chi connectivity index (χ3v) is 2.16. The lowest BCUT2D eigenvalue weighted by Crippen LogP contribution is -2.30. The van der Waals surface area contributed by atoms with E-state index in [2.05, 4.69) is 29.1 Å². The molecule has 0 radical (unpaired) electrons. The van der Waals surface area contributed by atoms with Gasteiger partial charge in [0.15, 0.2) is 5.69 Å². The van der Waals surface area contributed by atoms with E-state index in [9.17, 15) is 0 Å². The van der Waals surface area contributed by atoms with Crippen LogP contribution in [-0.2, 0) is 0 Å². The van der Waals surface area contributed by atoms with Gasteiger partial charge < -0.3 is 11.1 Å². The second-order valence-electron chi connectivity index (χ2n) is 4.11. The summed E-state index contributed by atoms with van der Waals surface area (Å²) in [6, 6.07) is 2.12. The number of rotatable bonds is 5. The van der Waals surface area contributed by atoms with Crippen molar-refractivity contribution in [3.8, 4) is 6.07 Å². The molecule has 5 nitrogen and oxygen atoms in total.